The summed E-state index contributed by atoms with van der Waals surface area (Å²) in [5.41, 5.74) is 4.18. The van der Waals surface area contributed by atoms with Crippen LogP contribution in [-0.2, 0) is 28.3 Å². The van der Waals surface area contributed by atoms with Gasteiger partial charge in [0, 0.05) is 34.8 Å². The zero-order chi connectivity index (χ0) is 26.9. The Morgan fingerprint density at radius 3 is 2.39 bits per heavy atom. The number of rotatable bonds is 11. The highest BCUT2D eigenvalue weighted by molar-refractivity contribution is 7.99. The largest absolute Gasteiger partial charge is 0.352 e. The SMILES string of the molecule is Cc1ccccc1CSCC(=O)N(Cc1ccc(Cl)cc1Cl)C(Cc1ccccc1)C(=O)NC1CCCC1. The maximum absolute atomic E-state index is 13.8. The number of carbonyl (C=O) groups is 2. The van der Waals surface area contributed by atoms with E-state index in [0.29, 0.717) is 16.5 Å². The zero-order valence-electron chi connectivity index (χ0n) is 21.7. The summed E-state index contributed by atoms with van der Waals surface area (Å²) in [5.74, 6) is 0.799. The topological polar surface area (TPSA) is 49.4 Å². The lowest BCUT2D eigenvalue weighted by atomic mass is 10.0. The van der Waals surface area contributed by atoms with Crippen LogP contribution < -0.4 is 5.32 Å². The summed E-state index contributed by atoms with van der Waals surface area (Å²) < 4.78 is 0. The number of thioether (sulfide) groups is 1. The average Bonchev–Trinajstić information content (AvgIpc) is 3.42. The first-order valence-electron chi connectivity index (χ1n) is 13.1. The van der Waals surface area contributed by atoms with Crippen molar-refractivity contribution in [3.05, 3.63) is 105 Å². The van der Waals surface area contributed by atoms with Crippen molar-refractivity contribution in [3.63, 3.8) is 0 Å². The van der Waals surface area contributed by atoms with Gasteiger partial charge in [-0.3, -0.25) is 9.59 Å². The molecule has 38 heavy (non-hydrogen) atoms. The van der Waals surface area contributed by atoms with Crippen LogP contribution in [0.5, 0.6) is 0 Å². The molecule has 0 spiro atoms. The molecule has 1 saturated carbocycles. The van der Waals surface area contributed by atoms with Crippen molar-refractivity contribution in [1.82, 2.24) is 10.2 Å². The summed E-state index contributed by atoms with van der Waals surface area (Å²) in [6.07, 6.45) is 4.62. The Kier molecular flexibility index (Phi) is 10.6. The van der Waals surface area contributed by atoms with E-state index in [-0.39, 0.29) is 30.2 Å². The third-order valence-corrected chi connectivity index (χ3v) is 8.63. The quantitative estimate of drug-likeness (QED) is 0.265. The predicted molar refractivity (Wildman–Crippen MR) is 159 cm³/mol. The molecule has 4 nitrogen and oxygen atoms in total. The van der Waals surface area contributed by atoms with Crippen LogP contribution in [0, 0.1) is 6.92 Å². The van der Waals surface area contributed by atoms with Crippen molar-refractivity contribution in [2.75, 3.05) is 5.75 Å². The van der Waals surface area contributed by atoms with Crippen LogP contribution in [0.3, 0.4) is 0 Å². The van der Waals surface area contributed by atoms with Gasteiger partial charge in [-0.05, 0) is 54.2 Å². The number of halogens is 2. The van der Waals surface area contributed by atoms with Gasteiger partial charge in [-0.25, -0.2) is 0 Å². The summed E-state index contributed by atoms with van der Waals surface area (Å²) >= 11 is 14.2. The molecule has 3 aromatic rings. The number of amides is 2. The van der Waals surface area contributed by atoms with Gasteiger partial charge >= 0.3 is 0 Å². The monoisotopic (exact) mass is 568 g/mol. The molecule has 0 saturated heterocycles. The molecule has 0 radical (unpaired) electrons. The smallest absolute Gasteiger partial charge is 0.243 e. The van der Waals surface area contributed by atoms with E-state index in [9.17, 15) is 9.59 Å². The number of nitrogens with zero attached hydrogens (tertiary/aromatic N) is 1. The van der Waals surface area contributed by atoms with Crippen molar-refractivity contribution in [2.45, 2.75) is 63.4 Å². The second-order valence-electron chi connectivity index (χ2n) is 9.87. The van der Waals surface area contributed by atoms with Crippen LogP contribution in [0.25, 0.3) is 0 Å². The average molecular weight is 570 g/mol. The number of carbonyl (C=O) groups excluding carboxylic acids is 2. The number of hydrogen-bond donors (Lipinski definition) is 1. The first kappa shape index (κ1) is 28.5. The van der Waals surface area contributed by atoms with E-state index >= 15 is 0 Å². The van der Waals surface area contributed by atoms with Crippen LogP contribution in [0.1, 0.15) is 47.9 Å². The molecule has 0 bridgehead atoms. The fourth-order valence-electron chi connectivity index (χ4n) is 4.86. The lowest BCUT2D eigenvalue weighted by Gasteiger charge is -2.32. The first-order chi connectivity index (χ1) is 18.4. The standard InChI is InChI=1S/C31H34Cl2N2O2S/c1-22-9-5-6-12-25(22)20-38-21-30(36)35(19-24-15-16-26(32)18-28(24)33)29(17-23-10-3-2-4-11-23)31(37)34-27-13-7-8-14-27/h2-6,9-12,15-16,18,27,29H,7-8,13-14,17,19-21H2,1H3,(H,34,37). The second-order valence-corrected chi connectivity index (χ2v) is 11.7. The minimum atomic E-state index is -0.656. The van der Waals surface area contributed by atoms with Gasteiger partial charge in [-0.15, -0.1) is 11.8 Å². The molecule has 1 atom stereocenters. The molecule has 1 unspecified atom stereocenters. The minimum absolute atomic E-state index is 0.0860. The number of benzene rings is 3. The van der Waals surface area contributed by atoms with Crippen LogP contribution in [0.4, 0.5) is 0 Å². The Morgan fingerprint density at radius 1 is 0.974 bits per heavy atom. The van der Waals surface area contributed by atoms with Crippen molar-refractivity contribution >= 4 is 46.8 Å². The molecule has 200 valence electrons. The van der Waals surface area contributed by atoms with Gasteiger partial charge < -0.3 is 10.2 Å². The van der Waals surface area contributed by atoms with Crippen LogP contribution in [0.15, 0.2) is 72.8 Å². The molecule has 7 heteroatoms. The van der Waals surface area contributed by atoms with E-state index in [1.807, 2.05) is 48.5 Å². The van der Waals surface area contributed by atoms with Gasteiger partial charge in [-0.1, -0.05) is 96.7 Å². The summed E-state index contributed by atoms with van der Waals surface area (Å²) in [6.45, 7) is 2.31. The van der Waals surface area contributed by atoms with E-state index in [0.717, 1.165) is 42.6 Å². The highest BCUT2D eigenvalue weighted by Crippen LogP contribution is 2.26. The second kappa shape index (κ2) is 14.1. The Morgan fingerprint density at radius 2 is 1.68 bits per heavy atom. The molecule has 0 aromatic heterocycles. The Bertz CT molecular complexity index is 1230. The maximum Gasteiger partial charge on any atom is 0.243 e. The van der Waals surface area contributed by atoms with Crippen LogP contribution in [0.2, 0.25) is 10.0 Å². The summed E-state index contributed by atoms with van der Waals surface area (Å²) in [6, 6.07) is 22.9. The van der Waals surface area contributed by atoms with Gasteiger partial charge in [0.15, 0.2) is 0 Å². The minimum Gasteiger partial charge on any atom is -0.352 e. The van der Waals surface area contributed by atoms with E-state index in [2.05, 4.69) is 24.4 Å². The Labute approximate surface area is 240 Å². The Hall–Kier alpha value is -2.47. The van der Waals surface area contributed by atoms with E-state index in [1.54, 1.807) is 28.8 Å². The Balaban J connectivity index is 1.59. The van der Waals surface area contributed by atoms with Crippen LogP contribution >= 0.6 is 35.0 Å². The van der Waals surface area contributed by atoms with Crippen LogP contribution in [-0.4, -0.2) is 34.6 Å². The number of nitrogens with one attached hydrogen (secondary N) is 1. The molecule has 2 amide bonds. The summed E-state index contributed by atoms with van der Waals surface area (Å²) in [4.78, 5) is 29.3. The van der Waals surface area contributed by atoms with Gasteiger partial charge in [-0.2, -0.15) is 0 Å². The summed E-state index contributed by atoms with van der Waals surface area (Å²) in [7, 11) is 0. The van der Waals surface area contributed by atoms with Crippen molar-refractivity contribution < 1.29 is 9.59 Å². The van der Waals surface area contributed by atoms with Gasteiger partial charge in [0.25, 0.3) is 0 Å². The molecule has 1 fully saturated rings. The van der Waals surface area contributed by atoms with Crippen molar-refractivity contribution in [2.24, 2.45) is 0 Å². The first-order valence-corrected chi connectivity index (χ1v) is 15.0. The highest BCUT2D eigenvalue weighted by Gasteiger charge is 2.32. The molecule has 3 aromatic carbocycles. The molecule has 1 N–H and O–H groups in total. The number of aryl methyl sites for hydroxylation is 1. The highest BCUT2D eigenvalue weighted by atomic mass is 35.5. The summed E-state index contributed by atoms with van der Waals surface area (Å²) in [5, 5.41) is 4.26. The third kappa shape index (κ3) is 8.02. The number of hydrogen-bond acceptors (Lipinski definition) is 3. The molecule has 1 aliphatic rings. The maximum atomic E-state index is 13.8. The third-order valence-electron chi connectivity index (χ3n) is 7.07. The van der Waals surface area contributed by atoms with Crippen molar-refractivity contribution in [1.29, 1.82) is 0 Å². The van der Waals surface area contributed by atoms with Gasteiger partial charge in [0.05, 0.1) is 5.75 Å². The molecule has 0 aliphatic heterocycles. The molecular weight excluding hydrogens is 535 g/mol. The van der Waals surface area contributed by atoms with Gasteiger partial charge in [0.1, 0.15) is 6.04 Å². The zero-order valence-corrected chi connectivity index (χ0v) is 24.0. The lowest BCUT2D eigenvalue weighted by Crippen LogP contribution is -2.52. The predicted octanol–water partition coefficient (Wildman–Crippen LogP) is 7.23. The van der Waals surface area contributed by atoms with E-state index in [1.165, 1.54) is 11.1 Å². The van der Waals surface area contributed by atoms with Crippen molar-refractivity contribution in [3.8, 4) is 0 Å². The fraction of sp³-hybridized carbons (Fsp3) is 0.355. The molecule has 0 heterocycles. The molecule has 1 aliphatic carbocycles. The lowest BCUT2D eigenvalue weighted by molar-refractivity contribution is -0.139. The van der Waals surface area contributed by atoms with E-state index in [4.69, 9.17) is 23.2 Å². The van der Waals surface area contributed by atoms with Gasteiger partial charge in [0.2, 0.25) is 11.8 Å². The van der Waals surface area contributed by atoms with E-state index < -0.39 is 6.04 Å². The molecule has 4 rings (SSSR count). The molecular formula is C31H34Cl2N2O2S. The normalized spacial score (nSPS) is 14.3. The fourth-order valence-corrected chi connectivity index (χ4v) is 6.31.